The summed E-state index contributed by atoms with van der Waals surface area (Å²) in [5.41, 5.74) is 2.41. The van der Waals surface area contributed by atoms with Crippen molar-refractivity contribution in [3.63, 3.8) is 0 Å². The number of benzene rings is 1. The van der Waals surface area contributed by atoms with Crippen LogP contribution >= 0.6 is 11.3 Å². The van der Waals surface area contributed by atoms with Crippen molar-refractivity contribution in [3.05, 3.63) is 44.1 Å². The van der Waals surface area contributed by atoms with E-state index in [1.807, 2.05) is 13.0 Å². The van der Waals surface area contributed by atoms with Gasteiger partial charge in [-0.1, -0.05) is 13.8 Å². The number of hydrogen-bond acceptors (Lipinski definition) is 10. The van der Waals surface area contributed by atoms with Crippen molar-refractivity contribution in [2.24, 2.45) is 0 Å². The number of carbonyl (C=O) groups excluding carboxylic acids is 4. The van der Waals surface area contributed by atoms with Crippen LogP contribution in [0.4, 0.5) is 0 Å². The van der Waals surface area contributed by atoms with Crippen LogP contribution in [0.1, 0.15) is 69.3 Å². The maximum atomic E-state index is 13.3. The van der Waals surface area contributed by atoms with E-state index in [-0.39, 0.29) is 29.7 Å². The normalized spacial score (nSPS) is 12.3. The molecule has 188 valence electrons. The highest BCUT2D eigenvalue weighted by Crippen LogP contribution is 2.38. The van der Waals surface area contributed by atoms with Crippen molar-refractivity contribution in [2.75, 3.05) is 13.1 Å². The number of carbonyl (C=O) groups is 4. The minimum Gasteiger partial charge on any atom is -0.344 e. The van der Waals surface area contributed by atoms with Gasteiger partial charge in [0.25, 0.3) is 5.91 Å². The molecule has 2 aromatic rings. The van der Waals surface area contributed by atoms with E-state index in [4.69, 9.17) is 9.78 Å². The molecule has 1 aromatic carbocycles. The summed E-state index contributed by atoms with van der Waals surface area (Å²) in [5.74, 6) is -2.17. The van der Waals surface area contributed by atoms with E-state index in [0.29, 0.717) is 34.4 Å². The summed E-state index contributed by atoms with van der Waals surface area (Å²) in [5, 5.41) is 5.98. The van der Waals surface area contributed by atoms with Crippen LogP contribution in [0.3, 0.4) is 0 Å². The molecule has 1 aliphatic rings. The van der Waals surface area contributed by atoms with Gasteiger partial charge in [-0.25, -0.2) is 9.59 Å². The zero-order valence-corrected chi connectivity index (χ0v) is 20.9. The second kappa shape index (κ2) is 11.8. The van der Waals surface area contributed by atoms with E-state index in [1.165, 1.54) is 22.3 Å². The zero-order chi connectivity index (χ0) is 25.5. The van der Waals surface area contributed by atoms with Gasteiger partial charge in [-0.15, -0.1) is 11.3 Å². The summed E-state index contributed by atoms with van der Waals surface area (Å²) >= 11 is 1.44. The lowest BCUT2D eigenvalue weighted by molar-refractivity contribution is -0.223. The molecule has 0 aliphatic carbocycles. The second-order valence-corrected chi connectivity index (χ2v) is 8.97. The van der Waals surface area contributed by atoms with Gasteiger partial charge < -0.3 is 10.6 Å². The smallest absolute Gasteiger partial charge is 0.344 e. The van der Waals surface area contributed by atoms with Gasteiger partial charge in [0.05, 0.1) is 11.4 Å². The number of hydrogen-bond donors (Lipinski definition) is 2. The Balaban J connectivity index is 1.87. The first-order chi connectivity index (χ1) is 16.7. The Morgan fingerprint density at radius 3 is 2.37 bits per heavy atom. The van der Waals surface area contributed by atoms with E-state index in [1.54, 1.807) is 6.92 Å². The molecule has 10 nitrogen and oxygen atoms in total. The molecule has 1 aliphatic heterocycles. The third-order valence-electron chi connectivity index (χ3n) is 5.30. The third kappa shape index (κ3) is 6.37. The Morgan fingerprint density at radius 2 is 1.74 bits per heavy atom. The first kappa shape index (κ1) is 26.2. The molecule has 35 heavy (non-hydrogen) atoms. The molecule has 0 fully saturated rings. The molecule has 2 N–H and O–H groups in total. The predicted molar refractivity (Wildman–Crippen MR) is 126 cm³/mol. The molecule has 0 spiro atoms. The van der Waals surface area contributed by atoms with Crippen LogP contribution < -0.4 is 20.4 Å². The molecule has 0 atom stereocenters. The van der Waals surface area contributed by atoms with Crippen LogP contribution in [0.2, 0.25) is 0 Å². The molecule has 2 heterocycles. The fourth-order valence-corrected chi connectivity index (χ4v) is 4.87. The van der Waals surface area contributed by atoms with Gasteiger partial charge in [-0.05, 0) is 42.5 Å². The zero-order valence-electron chi connectivity index (χ0n) is 20.1. The van der Waals surface area contributed by atoms with Crippen LogP contribution in [-0.4, -0.2) is 36.7 Å². The first-order valence-corrected chi connectivity index (χ1v) is 12.1. The van der Waals surface area contributed by atoms with Crippen LogP contribution in [0, 0.1) is 0 Å². The molecular formula is C24H28N2O8S. The number of ketones is 1. The molecule has 0 radical (unpaired) electrons. The summed E-state index contributed by atoms with van der Waals surface area (Å²) in [6.45, 7) is 7.30. The molecule has 1 aromatic heterocycles. The van der Waals surface area contributed by atoms with Crippen molar-refractivity contribution in [3.8, 4) is 11.5 Å². The lowest BCUT2D eigenvalue weighted by Gasteiger charge is -2.18. The minimum absolute atomic E-state index is 0.0199. The van der Waals surface area contributed by atoms with E-state index < -0.39 is 11.9 Å². The first-order valence-electron chi connectivity index (χ1n) is 11.3. The standard InChI is InChI=1S/C24H28N2O8S/c1-5-15-9-19(33-31-13(3)27)23(34-32-14(4)28)17(6-2)22(15)18(29)12-26-24(30)21-10-16-11-25-8-7-20(16)35-21/h9-10,25H,5-8,11-12H2,1-4H3,(H,26,30). The van der Waals surface area contributed by atoms with Crippen molar-refractivity contribution in [2.45, 2.75) is 53.5 Å². The Labute approximate surface area is 206 Å². The SMILES string of the molecule is CCc1cc(OOC(C)=O)c(OOC(C)=O)c(CC)c1C(=O)CNC(=O)c1cc2c(s1)CCNC2. The van der Waals surface area contributed by atoms with Crippen molar-refractivity contribution in [1.82, 2.24) is 10.6 Å². The summed E-state index contributed by atoms with van der Waals surface area (Å²) in [6, 6.07) is 3.34. The Kier molecular flexibility index (Phi) is 8.83. The summed E-state index contributed by atoms with van der Waals surface area (Å²) in [6.07, 6.45) is 1.62. The highest BCUT2D eigenvalue weighted by molar-refractivity contribution is 7.14. The largest absolute Gasteiger partial charge is 0.352 e. The average Bonchev–Trinajstić information content (AvgIpc) is 3.28. The topological polar surface area (TPSA) is 129 Å². The fourth-order valence-electron chi connectivity index (χ4n) is 3.77. The molecular weight excluding hydrogens is 476 g/mol. The molecule has 1 amide bonds. The lowest BCUT2D eigenvalue weighted by atomic mass is 9.92. The molecule has 11 heteroatoms. The number of aryl methyl sites for hydroxylation is 1. The predicted octanol–water partition coefficient (Wildman–Crippen LogP) is 2.85. The van der Waals surface area contributed by atoms with Gasteiger partial charge in [0.15, 0.2) is 5.78 Å². The second-order valence-electron chi connectivity index (χ2n) is 7.83. The Morgan fingerprint density at radius 1 is 1.03 bits per heavy atom. The molecule has 0 saturated carbocycles. The minimum atomic E-state index is -0.723. The quantitative estimate of drug-likeness (QED) is 0.285. The monoisotopic (exact) mass is 504 g/mol. The van der Waals surface area contributed by atoms with E-state index >= 15 is 0 Å². The van der Waals surface area contributed by atoms with Gasteiger partial charge in [0, 0.05) is 42.9 Å². The van der Waals surface area contributed by atoms with Crippen LogP contribution in [-0.2, 0) is 45.2 Å². The van der Waals surface area contributed by atoms with E-state index in [9.17, 15) is 19.2 Å². The van der Waals surface area contributed by atoms with Gasteiger partial charge >= 0.3 is 11.9 Å². The maximum Gasteiger partial charge on any atom is 0.352 e. The van der Waals surface area contributed by atoms with Crippen molar-refractivity contribution >= 4 is 35.0 Å². The van der Waals surface area contributed by atoms with E-state index in [2.05, 4.69) is 20.4 Å². The van der Waals surface area contributed by atoms with Gasteiger partial charge in [-0.3, -0.25) is 29.1 Å². The number of fused-ring (bicyclic) bond motifs is 1. The number of nitrogens with one attached hydrogen (secondary N) is 2. The van der Waals surface area contributed by atoms with Crippen molar-refractivity contribution in [1.29, 1.82) is 0 Å². The lowest BCUT2D eigenvalue weighted by Crippen LogP contribution is -2.30. The molecule has 0 unspecified atom stereocenters. The maximum absolute atomic E-state index is 13.3. The highest BCUT2D eigenvalue weighted by atomic mass is 32.1. The Hall–Kier alpha value is -3.44. The number of amides is 1. The van der Waals surface area contributed by atoms with Crippen LogP contribution in [0.25, 0.3) is 0 Å². The van der Waals surface area contributed by atoms with Gasteiger partial charge in [0.2, 0.25) is 11.5 Å². The van der Waals surface area contributed by atoms with E-state index in [0.717, 1.165) is 38.9 Å². The van der Waals surface area contributed by atoms with Crippen molar-refractivity contribution < 1.29 is 38.7 Å². The number of thiophene rings is 1. The van der Waals surface area contributed by atoms with Gasteiger partial charge in [0.1, 0.15) is 0 Å². The highest BCUT2D eigenvalue weighted by Gasteiger charge is 2.26. The van der Waals surface area contributed by atoms with Gasteiger partial charge in [-0.2, -0.15) is 0 Å². The molecule has 3 rings (SSSR count). The van der Waals surface area contributed by atoms with Crippen LogP contribution in [0.5, 0.6) is 11.5 Å². The summed E-state index contributed by atoms with van der Waals surface area (Å²) in [4.78, 5) is 69.9. The summed E-state index contributed by atoms with van der Waals surface area (Å²) < 4.78 is 0. The number of Topliss-reactive ketones (excluding diaryl/α,β-unsaturated/α-hetero) is 1. The molecule has 0 bridgehead atoms. The third-order valence-corrected chi connectivity index (χ3v) is 6.54. The average molecular weight is 505 g/mol. The van der Waals surface area contributed by atoms with Crippen LogP contribution in [0.15, 0.2) is 12.1 Å². The Bertz CT molecular complexity index is 1120. The molecule has 0 saturated heterocycles. The number of rotatable bonds is 10. The summed E-state index contributed by atoms with van der Waals surface area (Å²) in [7, 11) is 0. The fraction of sp³-hybridized carbons (Fsp3) is 0.417.